The van der Waals surface area contributed by atoms with Crippen LogP contribution in [0.3, 0.4) is 0 Å². The van der Waals surface area contributed by atoms with Crippen LogP contribution in [0, 0.1) is 6.92 Å². The predicted octanol–water partition coefficient (Wildman–Crippen LogP) is 3.86. The van der Waals surface area contributed by atoms with Gasteiger partial charge >= 0.3 is 0 Å². The molecule has 0 aliphatic carbocycles. The number of hydrogen-bond donors (Lipinski definition) is 2. The summed E-state index contributed by atoms with van der Waals surface area (Å²) >= 11 is 1.30. The lowest BCUT2D eigenvalue weighted by molar-refractivity contribution is -0.126. The molecule has 2 aromatic carbocycles. The Morgan fingerprint density at radius 3 is 2.46 bits per heavy atom. The zero-order valence-electron chi connectivity index (χ0n) is 19.6. The van der Waals surface area contributed by atoms with E-state index < -0.39 is 6.04 Å². The van der Waals surface area contributed by atoms with Gasteiger partial charge in [-0.15, -0.1) is 11.3 Å². The lowest BCUT2D eigenvalue weighted by atomic mass is 10.0. The third-order valence-corrected chi connectivity index (χ3v) is 6.74. The first-order valence-corrected chi connectivity index (χ1v) is 12.6. The highest BCUT2D eigenvalue weighted by molar-refractivity contribution is 7.12. The van der Waals surface area contributed by atoms with Crippen molar-refractivity contribution in [3.05, 3.63) is 88.1 Å². The van der Waals surface area contributed by atoms with Gasteiger partial charge in [0.15, 0.2) is 0 Å². The summed E-state index contributed by atoms with van der Waals surface area (Å²) in [5.74, 6) is -1.01. The molecular weight excluding hydrogens is 462 g/mol. The first-order chi connectivity index (χ1) is 17.0. The zero-order chi connectivity index (χ0) is 24.6. The van der Waals surface area contributed by atoms with Gasteiger partial charge in [0.1, 0.15) is 6.04 Å². The van der Waals surface area contributed by atoms with Crippen LogP contribution in [-0.2, 0) is 14.3 Å². The van der Waals surface area contributed by atoms with Crippen molar-refractivity contribution in [2.45, 2.75) is 31.9 Å². The summed E-state index contributed by atoms with van der Waals surface area (Å²) in [6.07, 6.45) is 1.84. The minimum Gasteiger partial charge on any atom is -0.376 e. The molecule has 3 amide bonds. The molecular formula is C27H29N3O4S. The maximum atomic E-state index is 13.6. The monoisotopic (exact) mass is 491 g/mol. The number of thiophene rings is 1. The second-order valence-corrected chi connectivity index (χ2v) is 9.40. The van der Waals surface area contributed by atoms with E-state index in [0.717, 1.165) is 18.4 Å². The van der Waals surface area contributed by atoms with E-state index >= 15 is 0 Å². The zero-order valence-corrected chi connectivity index (χ0v) is 20.4. The van der Waals surface area contributed by atoms with Gasteiger partial charge in [-0.3, -0.25) is 19.3 Å². The molecule has 4 rings (SSSR count). The number of rotatable bonds is 9. The molecule has 2 N–H and O–H groups in total. The van der Waals surface area contributed by atoms with Crippen molar-refractivity contribution in [3.63, 3.8) is 0 Å². The van der Waals surface area contributed by atoms with Gasteiger partial charge in [-0.1, -0.05) is 54.1 Å². The van der Waals surface area contributed by atoms with Gasteiger partial charge in [0, 0.05) is 18.8 Å². The Labute approximate surface area is 209 Å². The molecule has 1 aromatic heterocycles. The number of ether oxygens (including phenoxy) is 1. The summed E-state index contributed by atoms with van der Waals surface area (Å²) in [6.45, 7) is 2.79. The van der Waals surface area contributed by atoms with Gasteiger partial charge in [0.25, 0.3) is 5.91 Å². The van der Waals surface area contributed by atoms with Crippen molar-refractivity contribution >= 4 is 34.7 Å². The molecule has 0 radical (unpaired) electrons. The van der Waals surface area contributed by atoms with Crippen LogP contribution in [0.4, 0.5) is 5.69 Å². The van der Waals surface area contributed by atoms with E-state index in [4.69, 9.17) is 4.74 Å². The Morgan fingerprint density at radius 1 is 1.03 bits per heavy atom. The first kappa shape index (κ1) is 24.6. The molecule has 7 nitrogen and oxygen atoms in total. The van der Waals surface area contributed by atoms with E-state index in [1.165, 1.54) is 16.2 Å². The first-order valence-electron chi connectivity index (χ1n) is 11.7. The topological polar surface area (TPSA) is 87.7 Å². The Kier molecular flexibility index (Phi) is 8.28. The van der Waals surface area contributed by atoms with Gasteiger partial charge in [0.2, 0.25) is 11.8 Å². The number of benzene rings is 2. The van der Waals surface area contributed by atoms with Gasteiger partial charge in [-0.2, -0.15) is 0 Å². The van der Waals surface area contributed by atoms with Crippen LogP contribution in [0.25, 0.3) is 0 Å². The number of anilines is 1. The van der Waals surface area contributed by atoms with Crippen molar-refractivity contribution in [2.24, 2.45) is 0 Å². The molecule has 2 heterocycles. The lowest BCUT2D eigenvalue weighted by Gasteiger charge is -2.32. The van der Waals surface area contributed by atoms with E-state index in [1.807, 2.05) is 61.5 Å². The average Bonchev–Trinajstić information content (AvgIpc) is 3.60. The van der Waals surface area contributed by atoms with Crippen LogP contribution in [0.2, 0.25) is 0 Å². The fourth-order valence-electron chi connectivity index (χ4n) is 4.05. The second-order valence-electron chi connectivity index (χ2n) is 8.45. The molecule has 182 valence electrons. The van der Waals surface area contributed by atoms with Crippen molar-refractivity contribution in [1.29, 1.82) is 0 Å². The number of aryl methyl sites for hydroxylation is 1. The van der Waals surface area contributed by atoms with Crippen LogP contribution < -0.4 is 15.5 Å². The molecule has 3 aromatic rings. The molecule has 1 aliphatic rings. The van der Waals surface area contributed by atoms with Gasteiger partial charge in [-0.05, 0) is 48.9 Å². The molecule has 2 atom stereocenters. The van der Waals surface area contributed by atoms with Gasteiger partial charge < -0.3 is 15.4 Å². The van der Waals surface area contributed by atoms with Gasteiger partial charge in [-0.25, -0.2) is 0 Å². The Morgan fingerprint density at radius 2 is 1.80 bits per heavy atom. The maximum absolute atomic E-state index is 13.6. The van der Waals surface area contributed by atoms with E-state index in [9.17, 15) is 14.4 Å². The molecule has 1 fully saturated rings. The summed E-state index contributed by atoms with van der Waals surface area (Å²) in [6, 6.07) is 19.2. The third-order valence-electron chi connectivity index (χ3n) is 5.88. The van der Waals surface area contributed by atoms with E-state index in [2.05, 4.69) is 10.6 Å². The average molecular weight is 492 g/mol. The molecule has 35 heavy (non-hydrogen) atoms. The van der Waals surface area contributed by atoms with Crippen molar-refractivity contribution in [2.75, 3.05) is 24.6 Å². The highest BCUT2D eigenvalue weighted by Gasteiger charge is 2.33. The van der Waals surface area contributed by atoms with Crippen molar-refractivity contribution in [3.8, 4) is 0 Å². The van der Waals surface area contributed by atoms with Crippen LogP contribution in [0.5, 0.6) is 0 Å². The highest BCUT2D eigenvalue weighted by atomic mass is 32.1. The van der Waals surface area contributed by atoms with Crippen LogP contribution in [0.1, 0.15) is 39.7 Å². The van der Waals surface area contributed by atoms with E-state index in [-0.39, 0.29) is 30.4 Å². The van der Waals surface area contributed by atoms with Crippen LogP contribution >= 0.6 is 11.3 Å². The molecule has 8 heteroatoms. The summed E-state index contributed by atoms with van der Waals surface area (Å²) in [7, 11) is 0. The summed E-state index contributed by atoms with van der Waals surface area (Å²) in [5.41, 5.74) is 2.29. The van der Waals surface area contributed by atoms with Crippen molar-refractivity contribution < 1.29 is 19.1 Å². The molecule has 1 saturated heterocycles. The SMILES string of the molecule is Cc1ccc(N(C(=O)CNC(=O)c2cccs2)[C@@H](C(=O)NC[C@H]2CCCO2)c2ccccc2)cc1. The molecule has 0 spiro atoms. The largest absolute Gasteiger partial charge is 0.376 e. The number of carbonyl (C=O) groups is 3. The summed E-state index contributed by atoms with van der Waals surface area (Å²) in [4.78, 5) is 41.6. The summed E-state index contributed by atoms with van der Waals surface area (Å²) in [5, 5.41) is 7.49. The number of nitrogens with one attached hydrogen (secondary N) is 2. The fourth-order valence-corrected chi connectivity index (χ4v) is 4.69. The Balaban J connectivity index is 1.62. The Hall–Kier alpha value is -3.49. The van der Waals surface area contributed by atoms with Crippen LogP contribution in [-0.4, -0.2) is 43.5 Å². The standard InChI is InChI=1S/C27H29N3O4S/c1-19-11-13-21(14-12-19)30(24(31)18-29-26(32)23-10-6-16-35-23)25(20-7-3-2-4-8-20)27(33)28-17-22-9-5-15-34-22/h2-4,6-8,10-14,16,22,25H,5,9,15,17-18H2,1H3,(H,28,33)(H,29,32)/t22-,25-/m1/s1. The van der Waals surface area contributed by atoms with Crippen LogP contribution in [0.15, 0.2) is 72.1 Å². The highest BCUT2D eigenvalue weighted by Crippen LogP contribution is 2.28. The molecule has 0 unspecified atom stereocenters. The maximum Gasteiger partial charge on any atom is 0.261 e. The normalized spacial score (nSPS) is 15.9. The number of amides is 3. The summed E-state index contributed by atoms with van der Waals surface area (Å²) < 4.78 is 5.65. The molecule has 0 bridgehead atoms. The Bertz CT molecular complexity index is 1130. The minimum atomic E-state index is -0.911. The fraction of sp³-hybridized carbons (Fsp3) is 0.296. The molecule has 1 aliphatic heterocycles. The quantitative estimate of drug-likeness (QED) is 0.476. The van der Waals surface area contributed by atoms with Crippen molar-refractivity contribution in [1.82, 2.24) is 10.6 Å². The number of carbonyl (C=O) groups excluding carboxylic acids is 3. The number of hydrogen-bond acceptors (Lipinski definition) is 5. The third kappa shape index (κ3) is 6.35. The number of nitrogens with zero attached hydrogens (tertiary/aromatic N) is 1. The molecule has 0 saturated carbocycles. The van der Waals surface area contributed by atoms with E-state index in [0.29, 0.717) is 29.3 Å². The lowest BCUT2D eigenvalue weighted by Crippen LogP contribution is -2.48. The van der Waals surface area contributed by atoms with Gasteiger partial charge in [0.05, 0.1) is 17.5 Å². The minimum absolute atomic E-state index is 0.0241. The van der Waals surface area contributed by atoms with E-state index in [1.54, 1.807) is 17.5 Å². The smallest absolute Gasteiger partial charge is 0.261 e. The predicted molar refractivity (Wildman–Crippen MR) is 136 cm³/mol. The second kappa shape index (κ2) is 11.8.